The second kappa shape index (κ2) is 8.20. The van der Waals surface area contributed by atoms with Gasteiger partial charge in [-0.1, -0.05) is 23.2 Å². The average molecular weight is 488 g/mol. The van der Waals surface area contributed by atoms with Crippen LogP contribution in [0, 0.1) is 10.1 Å². The predicted molar refractivity (Wildman–Crippen MR) is 126 cm³/mol. The van der Waals surface area contributed by atoms with Crippen molar-refractivity contribution in [3.05, 3.63) is 77.8 Å². The van der Waals surface area contributed by atoms with Crippen LogP contribution in [0.1, 0.15) is 34.9 Å². The zero-order valence-electron chi connectivity index (χ0n) is 16.5. The van der Waals surface area contributed by atoms with E-state index in [-0.39, 0.29) is 27.1 Å². The van der Waals surface area contributed by atoms with Gasteiger partial charge in [0.25, 0.3) is 11.2 Å². The standard InChI is InChI=1S/C22H15Cl2N3O4S/c23-15-9-11(27(29)30)5-7-13(15)17-8-6-12(31-17)10-16(24)20-25-21(28)19-14-3-1-2-4-18(14)32-22(19)26-20/h5-10H,1-4H2,(H,25,26,28)/b16-10-. The summed E-state index contributed by atoms with van der Waals surface area (Å²) in [7, 11) is 0. The van der Waals surface area contributed by atoms with Crippen molar-refractivity contribution in [1.82, 2.24) is 9.97 Å². The van der Waals surface area contributed by atoms with Crippen molar-refractivity contribution in [2.45, 2.75) is 25.7 Å². The lowest BCUT2D eigenvalue weighted by molar-refractivity contribution is -0.384. The van der Waals surface area contributed by atoms with Gasteiger partial charge in [-0.15, -0.1) is 11.3 Å². The molecule has 7 nitrogen and oxygen atoms in total. The molecule has 0 spiro atoms. The highest BCUT2D eigenvalue weighted by molar-refractivity contribution is 7.18. The van der Waals surface area contributed by atoms with Crippen molar-refractivity contribution in [3.8, 4) is 11.3 Å². The van der Waals surface area contributed by atoms with Crippen molar-refractivity contribution in [2.24, 2.45) is 0 Å². The number of non-ortho nitro benzene ring substituents is 1. The van der Waals surface area contributed by atoms with E-state index in [0.29, 0.717) is 27.3 Å². The highest BCUT2D eigenvalue weighted by Crippen LogP contribution is 2.35. The number of fused-ring (bicyclic) bond motifs is 3. The Balaban J connectivity index is 1.47. The largest absolute Gasteiger partial charge is 0.457 e. The topological polar surface area (TPSA) is 102 Å². The number of hydrogen-bond donors (Lipinski definition) is 1. The molecule has 10 heteroatoms. The van der Waals surface area contributed by atoms with Crippen molar-refractivity contribution in [1.29, 1.82) is 0 Å². The minimum absolute atomic E-state index is 0.103. The average Bonchev–Trinajstić information content (AvgIpc) is 3.37. The van der Waals surface area contributed by atoms with Gasteiger partial charge in [0.05, 0.1) is 20.4 Å². The van der Waals surface area contributed by atoms with E-state index in [1.54, 1.807) is 29.5 Å². The quantitative estimate of drug-likeness (QED) is 0.264. The summed E-state index contributed by atoms with van der Waals surface area (Å²) >= 11 is 14.2. The normalized spacial score (nSPS) is 14.0. The third-order valence-corrected chi connectivity index (χ3v) is 7.16. The Labute approximate surface area is 195 Å². The van der Waals surface area contributed by atoms with Crippen LogP contribution in [0.15, 0.2) is 39.5 Å². The van der Waals surface area contributed by atoms with E-state index >= 15 is 0 Å². The number of H-pyrrole nitrogens is 1. The maximum absolute atomic E-state index is 12.7. The molecular weight excluding hydrogens is 473 g/mol. The van der Waals surface area contributed by atoms with Gasteiger partial charge in [0.1, 0.15) is 16.4 Å². The first-order chi connectivity index (χ1) is 15.4. The number of nitrogens with one attached hydrogen (secondary N) is 1. The number of rotatable bonds is 4. The van der Waals surface area contributed by atoms with Crippen LogP contribution >= 0.6 is 34.5 Å². The Morgan fingerprint density at radius 1 is 1.25 bits per heavy atom. The fraction of sp³-hybridized carbons (Fsp3) is 0.182. The Morgan fingerprint density at radius 3 is 2.84 bits per heavy atom. The van der Waals surface area contributed by atoms with E-state index in [2.05, 4.69) is 9.97 Å². The van der Waals surface area contributed by atoms with E-state index in [9.17, 15) is 14.9 Å². The SMILES string of the molecule is O=c1[nH]c(/C(Cl)=C/c2ccc(-c3ccc([N+](=O)[O-])cc3Cl)o2)nc2sc3c(c12)CCCC3. The van der Waals surface area contributed by atoms with Crippen LogP contribution in [0.25, 0.3) is 32.6 Å². The van der Waals surface area contributed by atoms with Crippen molar-refractivity contribution in [2.75, 3.05) is 0 Å². The minimum Gasteiger partial charge on any atom is -0.457 e. The van der Waals surface area contributed by atoms with Crippen LogP contribution in [0.5, 0.6) is 0 Å². The monoisotopic (exact) mass is 487 g/mol. The lowest BCUT2D eigenvalue weighted by atomic mass is 9.97. The summed E-state index contributed by atoms with van der Waals surface area (Å²) in [6.45, 7) is 0. The molecule has 1 N–H and O–H groups in total. The van der Waals surface area contributed by atoms with Crippen LogP contribution in [0.3, 0.4) is 0 Å². The molecule has 0 radical (unpaired) electrons. The molecule has 0 aliphatic heterocycles. The van der Waals surface area contributed by atoms with E-state index in [1.165, 1.54) is 23.1 Å². The van der Waals surface area contributed by atoms with Crippen LogP contribution in [-0.4, -0.2) is 14.9 Å². The first-order valence-electron chi connectivity index (χ1n) is 9.87. The van der Waals surface area contributed by atoms with Gasteiger partial charge in [-0.3, -0.25) is 14.9 Å². The molecule has 3 aromatic heterocycles. The first kappa shape index (κ1) is 20.9. The zero-order valence-corrected chi connectivity index (χ0v) is 18.8. The Kier molecular flexibility index (Phi) is 5.36. The molecule has 1 aliphatic carbocycles. The number of halogens is 2. The molecule has 0 unspecified atom stereocenters. The summed E-state index contributed by atoms with van der Waals surface area (Å²) in [5.74, 6) is 1.13. The summed E-state index contributed by atoms with van der Waals surface area (Å²) < 4.78 is 5.79. The van der Waals surface area contributed by atoms with Crippen LogP contribution in [0.4, 0.5) is 5.69 Å². The van der Waals surface area contributed by atoms with Crippen LogP contribution < -0.4 is 5.56 Å². The number of aryl methyl sites for hydroxylation is 2. The van der Waals surface area contributed by atoms with E-state index < -0.39 is 4.92 Å². The molecule has 0 amide bonds. The number of nitrogens with zero attached hydrogens (tertiary/aromatic N) is 2. The number of benzene rings is 1. The fourth-order valence-electron chi connectivity index (χ4n) is 3.86. The number of aromatic amines is 1. The Morgan fingerprint density at radius 2 is 2.06 bits per heavy atom. The first-order valence-corrected chi connectivity index (χ1v) is 11.4. The smallest absolute Gasteiger partial charge is 0.270 e. The molecule has 1 aliphatic rings. The number of thiophene rings is 1. The maximum atomic E-state index is 12.7. The molecule has 0 fully saturated rings. The van der Waals surface area contributed by atoms with Gasteiger partial charge in [0, 0.05) is 28.6 Å². The summed E-state index contributed by atoms with van der Waals surface area (Å²) in [6, 6.07) is 7.54. The van der Waals surface area contributed by atoms with Gasteiger partial charge < -0.3 is 9.40 Å². The lowest BCUT2D eigenvalue weighted by Crippen LogP contribution is -2.12. The molecule has 0 bridgehead atoms. The molecule has 0 saturated carbocycles. The summed E-state index contributed by atoms with van der Waals surface area (Å²) in [5, 5.41) is 12.0. The molecular formula is C22H15Cl2N3O4S. The molecule has 5 rings (SSSR count). The Hall–Kier alpha value is -2.94. The lowest BCUT2D eigenvalue weighted by Gasteiger charge is -2.09. The number of nitro benzene ring substituents is 1. The second-order valence-electron chi connectivity index (χ2n) is 7.42. The number of aromatic nitrogens is 2. The van der Waals surface area contributed by atoms with Gasteiger partial charge in [-0.05, 0) is 49.4 Å². The summed E-state index contributed by atoms with van der Waals surface area (Å²) in [5.41, 5.74) is 1.35. The zero-order chi connectivity index (χ0) is 22.4. The molecule has 1 aromatic carbocycles. The van der Waals surface area contributed by atoms with E-state index in [0.717, 1.165) is 31.2 Å². The van der Waals surface area contributed by atoms with Gasteiger partial charge in [0.2, 0.25) is 0 Å². The molecule has 3 heterocycles. The molecule has 162 valence electrons. The van der Waals surface area contributed by atoms with Crippen molar-refractivity contribution in [3.63, 3.8) is 0 Å². The van der Waals surface area contributed by atoms with Gasteiger partial charge in [0.15, 0.2) is 5.82 Å². The molecule has 4 aromatic rings. The molecule has 0 atom stereocenters. The van der Waals surface area contributed by atoms with Crippen molar-refractivity contribution < 1.29 is 9.34 Å². The molecule has 32 heavy (non-hydrogen) atoms. The number of nitro groups is 1. The van der Waals surface area contributed by atoms with Crippen LogP contribution in [-0.2, 0) is 12.8 Å². The maximum Gasteiger partial charge on any atom is 0.270 e. The van der Waals surface area contributed by atoms with Crippen molar-refractivity contribution >= 4 is 61.6 Å². The highest BCUT2D eigenvalue weighted by atomic mass is 35.5. The summed E-state index contributed by atoms with van der Waals surface area (Å²) in [4.78, 5) is 32.4. The van der Waals surface area contributed by atoms with Gasteiger partial charge in [-0.25, -0.2) is 4.98 Å². The predicted octanol–water partition coefficient (Wildman–Crippen LogP) is 6.42. The van der Waals surface area contributed by atoms with Gasteiger partial charge >= 0.3 is 0 Å². The molecule has 0 saturated heterocycles. The van der Waals surface area contributed by atoms with Gasteiger partial charge in [-0.2, -0.15) is 0 Å². The third-order valence-electron chi connectivity index (χ3n) is 5.38. The number of hydrogen-bond acceptors (Lipinski definition) is 6. The highest BCUT2D eigenvalue weighted by Gasteiger charge is 2.20. The summed E-state index contributed by atoms with van der Waals surface area (Å²) in [6.07, 6.45) is 5.66. The van der Waals surface area contributed by atoms with Crippen LogP contribution in [0.2, 0.25) is 5.02 Å². The number of furan rings is 1. The minimum atomic E-state index is -0.514. The third kappa shape index (κ3) is 3.74. The Bertz CT molecular complexity index is 1470. The second-order valence-corrected chi connectivity index (χ2v) is 9.32. The fourth-order valence-corrected chi connectivity index (χ4v) is 5.59. The van der Waals surface area contributed by atoms with E-state index in [1.807, 2.05) is 0 Å². The van der Waals surface area contributed by atoms with E-state index in [4.69, 9.17) is 27.6 Å².